The van der Waals surface area contributed by atoms with Gasteiger partial charge in [-0.05, 0) is 62.4 Å². The molecule has 3 aromatic rings. The fraction of sp³-hybridized carbons (Fsp3) is 0.464. The van der Waals surface area contributed by atoms with Crippen LogP contribution in [0.2, 0.25) is 0 Å². The van der Waals surface area contributed by atoms with Gasteiger partial charge < -0.3 is 19.7 Å². The molecule has 0 unspecified atom stereocenters. The molecule has 0 radical (unpaired) electrons. The topological polar surface area (TPSA) is 68.8 Å². The number of aliphatic hydroxyl groups excluding tert-OH is 1. The average Bonchev–Trinajstić information content (AvgIpc) is 3.35. The first kappa shape index (κ1) is 22.9. The van der Waals surface area contributed by atoms with E-state index in [-0.39, 0.29) is 17.9 Å². The second kappa shape index (κ2) is 10.2. The summed E-state index contributed by atoms with van der Waals surface area (Å²) >= 11 is 0. The molecule has 3 aliphatic heterocycles. The number of carbonyl (C=O) groups excluding carboxylic acids is 1. The van der Waals surface area contributed by atoms with Gasteiger partial charge in [-0.15, -0.1) is 0 Å². The van der Waals surface area contributed by atoms with Crippen LogP contribution in [-0.4, -0.2) is 65.2 Å². The van der Waals surface area contributed by atoms with E-state index < -0.39 is 0 Å². The molecule has 1 fully saturated rings. The maximum atomic E-state index is 13.6. The van der Waals surface area contributed by atoms with Gasteiger partial charge in [-0.3, -0.25) is 9.69 Å². The summed E-state index contributed by atoms with van der Waals surface area (Å²) in [4.78, 5) is 21.2. The van der Waals surface area contributed by atoms with Gasteiger partial charge in [0.15, 0.2) is 0 Å². The van der Waals surface area contributed by atoms with Crippen molar-refractivity contribution in [3.63, 3.8) is 0 Å². The molecule has 1 saturated heterocycles. The highest BCUT2D eigenvalue weighted by Gasteiger charge is 2.34. The molecular weight excluding hydrogens is 426 g/mol. The van der Waals surface area contributed by atoms with Crippen LogP contribution in [0, 0.1) is 5.41 Å². The number of hydrogen-bond donors (Lipinski definition) is 2. The van der Waals surface area contributed by atoms with Gasteiger partial charge in [-0.25, -0.2) is 0 Å². The quantitative estimate of drug-likeness (QED) is 0.592. The Morgan fingerprint density at radius 3 is 2.68 bits per heavy atom. The van der Waals surface area contributed by atoms with Crippen molar-refractivity contribution >= 4 is 16.8 Å². The zero-order valence-corrected chi connectivity index (χ0v) is 19.8. The summed E-state index contributed by atoms with van der Waals surface area (Å²) in [5, 5.41) is 11.3. The first-order chi connectivity index (χ1) is 16.7. The lowest BCUT2D eigenvalue weighted by atomic mass is 9.75. The first-order valence-electron chi connectivity index (χ1n) is 12.6. The third-order valence-electron chi connectivity index (χ3n) is 7.73. The summed E-state index contributed by atoms with van der Waals surface area (Å²) in [7, 11) is 0. The molecule has 0 aliphatic carbocycles. The summed E-state index contributed by atoms with van der Waals surface area (Å²) in [5.41, 5.74) is 2.79. The number of H-pyrrole nitrogens is 1. The van der Waals surface area contributed by atoms with Crippen molar-refractivity contribution < 1.29 is 14.6 Å². The minimum atomic E-state index is 0.0113. The van der Waals surface area contributed by atoms with E-state index in [0.717, 1.165) is 68.4 Å². The lowest BCUT2D eigenvalue weighted by Gasteiger charge is -2.41. The monoisotopic (exact) mass is 461 g/mol. The molecular formula is C28H35N3O3. The Morgan fingerprint density at radius 1 is 0.971 bits per heavy atom. The minimum Gasteiger partial charge on any atom is -0.491 e. The number of piperidine rings is 1. The Labute approximate surface area is 201 Å². The van der Waals surface area contributed by atoms with Crippen molar-refractivity contribution in [3.8, 4) is 5.75 Å². The molecule has 2 aromatic carbocycles. The number of nitrogens with one attached hydrogen (secondary N) is 1. The van der Waals surface area contributed by atoms with E-state index in [2.05, 4.69) is 22.0 Å². The number of hydrogen-bond acceptors (Lipinski definition) is 4. The molecule has 6 nitrogen and oxygen atoms in total. The van der Waals surface area contributed by atoms with Crippen LogP contribution in [-0.2, 0) is 6.54 Å². The van der Waals surface area contributed by atoms with Crippen LogP contribution in [0.5, 0.6) is 5.75 Å². The Kier molecular flexibility index (Phi) is 6.88. The van der Waals surface area contributed by atoms with Gasteiger partial charge >= 0.3 is 0 Å². The maximum absolute atomic E-state index is 13.6. The normalized spacial score (nSPS) is 24.1. The van der Waals surface area contributed by atoms with Crippen molar-refractivity contribution in [2.24, 2.45) is 5.41 Å². The van der Waals surface area contributed by atoms with Crippen LogP contribution >= 0.6 is 0 Å². The van der Waals surface area contributed by atoms with Crippen molar-refractivity contribution in [2.75, 3.05) is 39.4 Å². The second-order valence-electron chi connectivity index (χ2n) is 9.89. The number of ether oxygens (including phenoxy) is 1. The van der Waals surface area contributed by atoms with Crippen molar-refractivity contribution in [2.45, 2.75) is 38.6 Å². The summed E-state index contributed by atoms with van der Waals surface area (Å²) in [6.45, 7) is 4.80. The van der Waals surface area contributed by atoms with Gasteiger partial charge in [0.2, 0.25) is 0 Å². The molecule has 34 heavy (non-hydrogen) atoms. The fourth-order valence-corrected chi connectivity index (χ4v) is 5.51. The third-order valence-corrected chi connectivity index (χ3v) is 7.73. The molecule has 1 aromatic heterocycles. The smallest absolute Gasteiger partial charge is 0.256 e. The van der Waals surface area contributed by atoms with Crippen LogP contribution in [0.1, 0.15) is 48.0 Å². The standard InChI is InChI=1S/C28H35N3O3/c32-21-28-11-3-4-15-31(27(33)24-8-5-7-22-10-14-29-26(22)24)18-19-34-25-9-2-1-6-23(25)20-30(16-12-28)17-13-28/h1-2,5-10,14,29,32H,3-4,11-13,15-21H2. The molecule has 3 aliphatic rings. The summed E-state index contributed by atoms with van der Waals surface area (Å²) in [6, 6.07) is 16.1. The van der Waals surface area contributed by atoms with Gasteiger partial charge in [0.1, 0.15) is 12.4 Å². The number of aromatic amines is 1. The number of benzene rings is 2. The number of nitrogens with zero attached hydrogens (tertiary/aromatic N) is 2. The number of fused-ring (bicyclic) bond motifs is 10. The van der Waals surface area contributed by atoms with E-state index in [9.17, 15) is 9.90 Å². The molecule has 4 heterocycles. The van der Waals surface area contributed by atoms with Gasteiger partial charge in [-0.1, -0.05) is 36.8 Å². The number of para-hydroxylation sites is 2. The van der Waals surface area contributed by atoms with Crippen LogP contribution in [0.4, 0.5) is 0 Å². The Balaban J connectivity index is 1.38. The van der Waals surface area contributed by atoms with Crippen LogP contribution in [0.3, 0.4) is 0 Å². The highest BCUT2D eigenvalue weighted by atomic mass is 16.5. The van der Waals surface area contributed by atoms with Gasteiger partial charge in [0.25, 0.3) is 5.91 Å². The predicted octanol–water partition coefficient (Wildman–Crippen LogP) is 4.45. The minimum absolute atomic E-state index is 0.0113. The third kappa shape index (κ3) is 4.84. The summed E-state index contributed by atoms with van der Waals surface area (Å²) in [6.07, 6.45) is 6.87. The van der Waals surface area contributed by atoms with E-state index in [0.29, 0.717) is 25.3 Å². The molecule has 0 saturated carbocycles. The zero-order chi connectivity index (χ0) is 23.4. The van der Waals surface area contributed by atoms with Crippen molar-refractivity contribution in [1.29, 1.82) is 0 Å². The highest BCUT2D eigenvalue weighted by molar-refractivity contribution is 6.05. The summed E-state index contributed by atoms with van der Waals surface area (Å²) < 4.78 is 6.23. The van der Waals surface area contributed by atoms with Gasteiger partial charge in [0, 0.05) is 36.8 Å². The molecule has 6 rings (SSSR count). The SMILES string of the molecule is O=C(c1cccc2cc[nH]c12)N1CCCCC2(CO)CCN(CC2)Cc2ccccc2OCC1. The first-order valence-corrected chi connectivity index (χ1v) is 12.6. The molecule has 2 N–H and O–H groups in total. The maximum Gasteiger partial charge on any atom is 0.256 e. The number of carbonyl (C=O) groups is 1. The Bertz CT molecular complexity index is 1120. The van der Waals surface area contributed by atoms with Gasteiger partial charge in [0.05, 0.1) is 17.6 Å². The Morgan fingerprint density at radius 2 is 1.82 bits per heavy atom. The van der Waals surface area contributed by atoms with Crippen LogP contribution < -0.4 is 4.74 Å². The van der Waals surface area contributed by atoms with E-state index in [1.54, 1.807) is 0 Å². The zero-order valence-electron chi connectivity index (χ0n) is 19.8. The van der Waals surface area contributed by atoms with E-state index in [4.69, 9.17) is 4.74 Å². The predicted molar refractivity (Wildman–Crippen MR) is 134 cm³/mol. The van der Waals surface area contributed by atoms with Crippen molar-refractivity contribution in [3.05, 3.63) is 65.9 Å². The van der Waals surface area contributed by atoms with Crippen LogP contribution in [0.25, 0.3) is 10.9 Å². The van der Waals surface area contributed by atoms with E-state index in [1.807, 2.05) is 47.5 Å². The van der Waals surface area contributed by atoms with Gasteiger partial charge in [-0.2, -0.15) is 0 Å². The van der Waals surface area contributed by atoms with Crippen LogP contribution in [0.15, 0.2) is 54.7 Å². The number of amides is 1. The molecule has 0 spiro atoms. The molecule has 6 heteroatoms. The van der Waals surface area contributed by atoms with E-state index >= 15 is 0 Å². The van der Waals surface area contributed by atoms with E-state index in [1.165, 1.54) is 5.56 Å². The fourth-order valence-electron chi connectivity index (χ4n) is 5.51. The number of rotatable bonds is 2. The number of aliphatic hydroxyl groups is 1. The lowest BCUT2D eigenvalue weighted by Crippen LogP contribution is -2.41. The largest absolute Gasteiger partial charge is 0.491 e. The molecule has 0 atom stereocenters. The lowest BCUT2D eigenvalue weighted by molar-refractivity contribution is 0.0319. The van der Waals surface area contributed by atoms with Crippen molar-refractivity contribution in [1.82, 2.24) is 14.8 Å². The average molecular weight is 462 g/mol. The number of aromatic nitrogens is 1. The molecule has 180 valence electrons. The molecule has 1 amide bonds. The Hall–Kier alpha value is -2.83. The second-order valence-corrected chi connectivity index (χ2v) is 9.89. The summed E-state index contributed by atoms with van der Waals surface area (Å²) in [5.74, 6) is 0.938. The highest BCUT2D eigenvalue weighted by Crippen LogP contribution is 2.37. The molecule has 2 bridgehead atoms.